The molecule has 17 heavy (non-hydrogen) atoms. The van der Waals surface area contributed by atoms with Crippen LogP contribution in [0, 0.1) is 6.92 Å². The van der Waals surface area contributed by atoms with Crippen LogP contribution in [-0.4, -0.2) is 21.5 Å². The molecular weight excluding hydrogens is 216 g/mol. The van der Waals surface area contributed by atoms with Gasteiger partial charge >= 0.3 is 0 Å². The number of phenols is 1. The Hall–Kier alpha value is -1.55. The summed E-state index contributed by atoms with van der Waals surface area (Å²) in [6.45, 7) is 2.69. The number of phenolic OH excluding ortho intramolecular Hbond substituents is 1. The number of aromatic nitrogens is 2. The molecule has 1 aliphatic rings. The van der Waals surface area contributed by atoms with Gasteiger partial charge in [0, 0.05) is 6.61 Å². The third-order valence-corrected chi connectivity index (χ3v) is 3.38. The minimum atomic E-state index is 0.0170. The molecule has 0 radical (unpaired) electrons. The maximum Gasteiger partial charge on any atom is 0.150 e. The van der Waals surface area contributed by atoms with E-state index in [1.165, 1.54) is 6.42 Å². The Bertz CT molecular complexity index is 542. The maximum atomic E-state index is 9.98. The Morgan fingerprint density at radius 3 is 3.06 bits per heavy atom. The summed E-state index contributed by atoms with van der Waals surface area (Å²) in [6, 6.07) is 3.91. The summed E-state index contributed by atoms with van der Waals surface area (Å²) in [5.41, 5.74) is 1.82. The zero-order chi connectivity index (χ0) is 11.8. The fourth-order valence-electron chi connectivity index (χ4n) is 2.36. The highest BCUT2D eigenvalue weighted by molar-refractivity contribution is 5.86. The van der Waals surface area contributed by atoms with E-state index in [1.807, 2.05) is 23.7 Å². The van der Waals surface area contributed by atoms with Gasteiger partial charge in [0.05, 0.1) is 17.1 Å². The molecule has 2 heterocycles. The molecule has 0 saturated carbocycles. The molecule has 4 nitrogen and oxygen atoms in total. The second-order valence-electron chi connectivity index (χ2n) is 4.57. The second kappa shape index (κ2) is 4.04. The van der Waals surface area contributed by atoms with E-state index in [4.69, 9.17) is 4.74 Å². The van der Waals surface area contributed by atoms with Gasteiger partial charge in [0.25, 0.3) is 0 Å². The van der Waals surface area contributed by atoms with Gasteiger partial charge < -0.3 is 9.84 Å². The first kappa shape index (κ1) is 10.6. The molecule has 0 aliphatic carbocycles. The first-order chi connectivity index (χ1) is 8.27. The van der Waals surface area contributed by atoms with Gasteiger partial charge in [0.1, 0.15) is 5.75 Å². The third kappa shape index (κ3) is 1.69. The highest BCUT2D eigenvalue weighted by Crippen LogP contribution is 2.31. The highest BCUT2D eigenvalue weighted by atomic mass is 16.5. The van der Waals surface area contributed by atoms with Crippen molar-refractivity contribution in [1.29, 1.82) is 0 Å². The summed E-state index contributed by atoms with van der Waals surface area (Å²) in [5.74, 6) is 0.324. The van der Waals surface area contributed by atoms with Crippen LogP contribution in [0.4, 0.5) is 0 Å². The lowest BCUT2D eigenvalue weighted by Gasteiger charge is -2.23. The van der Waals surface area contributed by atoms with Crippen LogP contribution in [0.3, 0.4) is 0 Å². The van der Waals surface area contributed by atoms with E-state index in [-0.39, 0.29) is 6.23 Å². The number of aryl methyl sites for hydroxylation is 1. The first-order valence-corrected chi connectivity index (χ1v) is 6.05. The Labute approximate surface area is 99.8 Å². The van der Waals surface area contributed by atoms with Crippen molar-refractivity contribution in [2.75, 3.05) is 6.61 Å². The Balaban J connectivity index is 2.08. The predicted molar refractivity (Wildman–Crippen MR) is 65.0 cm³/mol. The van der Waals surface area contributed by atoms with Gasteiger partial charge in [-0.3, -0.25) is 0 Å². The summed E-state index contributed by atoms with van der Waals surface area (Å²) < 4.78 is 7.60. The molecule has 1 saturated heterocycles. The molecule has 2 aromatic rings. The van der Waals surface area contributed by atoms with Crippen LogP contribution in [0.25, 0.3) is 10.9 Å². The van der Waals surface area contributed by atoms with Gasteiger partial charge in [0.2, 0.25) is 0 Å². The summed E-state index contributed by atoms with van der Waals surface area (Å²) in [6.07, 6.45) is 5.02. The fraction of sp³-hybridized carbons (Fsp3) is 0.462. The molecule has 0 amide bonds. The molecule has 1 unspecified atom stereocenters. The van der Waals surface area contributed by atoms with Crippen molar-refractivity contribution in [3.05, 3.63) is 23.9 Å². The lowest BCUT2D eigenvalue weighted by atomic mass is 10.1. The largest absolute Gasteiger partial charge is 0.507 e. The number of hydrogen-bond donors (Lipinski definition) is 1. The summed E-state index contributed by atoms with van der Waals surface area (Å²) in [7, 11) is 0. The average molecular weight is 232 g/mol. The average Bonchev–Trinajstić information content (AvgIpc) is 2.79. The zero-order valence-corrected chi connectivity index (χ0v) is 9.89. The monoisotopic (exact) mass is 232 g/mol. The van der Waals surface area contributed by atoms with Crippen LogP contribution >= 0.6 is 0 Å². The van der Waals surface area contributed by atoms with Gasteiger partial charge in [-0.05, 0) is 37.8 Å². The minimum absolute atomic E-state index is 0.0170. The summed E-state index contributed by atoms with van der Waals surface area (Å²) >= 11 is 0. The number of fused-ring (bicyclic) bond motifs is 1. The lowest BCUT2D eigenvalue weighted by molar-refractivity contribution is -0.0366. The maximum absolute atomic E-state index is 9.98. The van der Waals surface area contributed by atoms with E-state index >= 15 is 0 Å². The van der Waals surface area contributed by atoms with Crippen LogP contribution in [0.5, 0.6) is 5.75 Å². The zero-order valence-electron chi connectivity index (χ0n) is 9.89. The molecular formula is C13H16N2O2. The summed E-state index contributed by atoms with van der Waals surface area (Å²) in [4.78, 5) is 0. The molecule has 3 rings (SSSR count). The van der Waals surface area contributed by atoms with Gasteiger partial charge in [-0.1, -0.05) is 6.07 Å². The van der Waals surface area contributed by atoms with Crippen LogP contribution in [0.2, 0.25) is 0 Å². The number of hydrogen-bond acceptors (Lipinski definition) is 3. The van der Waals surface area contributed by atoms with Crippen LogP contribution in [-0.2, 0) is 4.74 Å². The number of benzene rings is 1. The minimum Gasteiger partial charge on any atom is -0.507 e. The number of nitrogens with zero attached hydrogens (tertiary/aromatic N) is 2. The fourth-order valence-corrected chi connectivity index (χ4v) is 2.36. The topological polar surface area (TPSA) is 47.3 Å². The predicted octanol–water partition coefficient (Wildman–Crippen LogP) is 2.75. The molecule has 1 N–H and O–H groups in total. The molecule has 1 atom stereocenters. The molecule has 90 valence electrons. The number of ether oxygens (including phenoxy) is 1. The Morgan fingerprint density at radius 1 is 1.41 bits per heavy atom. The van der Waals surface area contributed by atoms with Crippen molar-refractivity contribution < 1.29 is 9.84 Å². The van der Waals surface area contributed by atoms with E-state index in [1.54, 1.807) is 6.20 Å². The number of rotatable bonds is 1. The van der Waals surface area contributed by atoms with Crippen molar-refractivity contribution >= 4 is 10.9 Å². The van der Waals surface area contributed by atoms with Gasteiger partial charge in [0.15, 0.2) is 6.23 Å². The van der Waals surface area contributed by atoms with E-state index in [0.29, 0.717) is 5.75 Å². The van der Waals surface area contributed by atoms with Crippen molar-refractivity contribution in [1.82, 2.24) is 9.78 Å². The first-order valence-electron chi connectivity index (χ1n) is 6.05. The van der Waals surface area contributed by atoms with Crippen LogP contribution in [0.1, 0.15) is 31.1 Å². The van der Waals surface area contributed by atoms with E-state index in [2.05, 4.69) is 5.10 Å². The number of aromatic hydroxyl groups is 1. The van der Waals surface area contributed by atoms with Gasteiger partial charge in [-0.15, -0.1) is 0 Å². The molecule has 1 aliphatic heterocycles. The van der Waals surface area contributed by atoms with Crippen molar-refractivity contribution in [3.8, 4) is 5.75 Å². The van der Waals surface area contributed by atoms with Crippen molar-refractivity contribution in [3.63, 3.8) is 0 Å². The van der Waals surface area contributed by atoms with Gasteiger partial charge in [-0.2, -0.15) is 5.10 Å². The van der Waals surface area contributed by atoms with Crippen LogP contribution in [0.15, 0.2) is 18.3 Å². The quantitative estimate of drug-likeness (QED) is 0.822. The van der Waals surface area contributed by atoms with Gasteiger partial charge in [-0.25, -0.2) is 4.68 Å². The standard InChI is InChI=1S/C13H16N2O2/c1-9-5-6-11-10(13(9)16)8-14-15(11)12-4-2-3-7-17-12/h5-6,8,12,16H,2-4,7H2,1H3. The molecule has 1 aromatic heterocycles. The normalized spacial score (nSPS) is 20.9. The molecule has 0 spiro atoms. The SMILES string of the molecule is Cc1ccc2c(cnn2C2CCCCO2)c1O. The van der Waals surface area contributed by atoms with E-state index in [0.717, 1.165) is 35.9 Å². The van der Waals surface area contributed by atoms with Crippen molar-refractivity contribution in [2.24, 2.45) is 0 Å². The van der Waals surface area contributed by atoms with Crippen LogP contribution < -0.4 is 0 Å². The molecule has 1 fully saturated rings. The summed E-state index contributed by atoms with van der Waals surface area (Å²) in [5, 5.41) is 15.1. The molecule has 1 aromatic carbocycles. The molecule has 0 bridgehead atoms. The molecule has 4 heteroatoms. The lowest BCUT2D eigenvalue weighted by Crippen LogP contribution is -2.18. The Morgan fingerprint density at radius 2 is 2.29 bits per heavy atom. The third-order valence-electron chi connectivity index (χ3n) is 3.38. The van der Waals surface area contributed by atoms with E-state index in [9.17, 15) is 5.11 Å². The highest BCUT2D eigenvalue weighted by Gasteiger charge is 2.19. The van der Waals surface area contributed by atoms with Crippen molar-refractivity contribution in [2.45, 2.75) is 32.4 Å². The smallest absolute Gasteiger partial charge is 0.150 e. The Kier molecular flexibility index (Phi) is 2.52. The van der Waals surface area contributed by atoms with E-state index < -0.39 is 0 Å². The second-order valence-corrected chi connectivity index (χ2v) is 4.57.